The molecule has 3 heteroatoms. The Morgan fingerprint density at radius 1 is 1.44 bits per heavy atom. The molecule has 1 aromatic carbocycles. The molecule has 90 valence electrons. The standard InChI is InChI=1S/C13H20BrNO/c1-11-5-4-6-12(7-11)8-15(2)9-13(14)10-16-3/h4-7,13H,8-10H2,1-3H3. The molecule has 0 bridgehead atoms. The minimum atomic E-state index is 0.396. The minimum Gasteiger partial charge on any atom is -0.383 e. The van der Waals surface area contributed by atoms with Gasteiger partial charge >= 0.3 is 0 Å². The first kappa shape index (κ1) is 13.7. The smallest absolute Gasteiger partial charge is 0.0600 e. The van der Waals surface area contributed by atoms with E-state index < -0.39 is 0 Å². The molecule has 0 aromatic heterocycles. The van der Waals surface area contributed by atoms with Crippen LogP contribution in [0.25, 0.3) is 0 Å². The van der Waals surface area contributed by atoms with Crippen molar-refractivity contribution in [1.29, 1.82) is 0 Å². The van der Waals surface area contributed by atoms with Gasteiger partial charge in [-0.1, -0.05) is 45.8 Å². The Labute approximate surface area is 107 Å². The molecule has 0 radical (unpaired) electrons. The van der Waals surface area contributed by atoms with Crippen molar-refractivity contribution in [3.05, 3.63) is 35.4 Å². The Balaban J connectivity index is 2.42. The molecule has 0 aliphatic rings. The van der Waals surface area contributed by atoms with Crippen molar-refractivity contribution in [2.24, 2.45) is 0 Å². The zero-order valence-corrected chi connectivity index (χ0v) is 11.8. The van der Waals surface area contributed by atoms with Gasteiger partial charge in [0.1, 0.15) is 0 Å². The molecular weight excluding hydrogens is 266 g/mol. The monoisotopic (exact) mass is 285 g/mol. The van der Waals surface area contributed by atoms with Crippen LogP contribution >= 0.6 is 15.9 Å². The lowest BCUT2D eigenvalue weighted by molar-refractivity contribution is 0.185. The number of halogens is 1. The van der Waals surface area contributed by atoms with Gasteiger partial charge in [0, 0.05) is 20.2 Å². The van der Waals surface area contributed by atoms with Gasteiger partial charge in [-0.15, -0.1) is 0 Å². The first-order valence-corrected chi connectivity index (χ1v) is 6.40. The third kappa shape index (κ3) is 5.10. The zero-order valence-electron chi connectivity index (χ0n) is 10.2. The Hall–Kier alpha value is -0.380. The van der Waals surface area contributed by atoms with Crippen LogP contribution in [0.15, 0.2) is 24.3 Å². The summed E-state index contributed by atoms with van der Waals surface area (Å²) in [5.41, 5.74) is 2.68. The van der Waals surface area contributed by atoms with E-state index in [1.165, 1.54) is 11.1 Å². The van der Waals surface area contributed by atoms with Gasteiger partial charge in [0.2, 0.25) is 0 Å². The quantitative estimate of drug-likeness (QED) is 0.746. The molecule has 1 atom stereocenters. The Morgan fingerprint density at radius 3 is 2.81 bits per heavy atom. The normalized spacial score (nSPS) is 13.1. The molecule has 0 amide bonds. The summed E-state index contributed by atoms with van der Waals surface area (Å²) >= 11 is 3.60. The molecule has 0 fully saturated rings. The number of hydrogen-bond donors (Lipinski definition) is 0. The van der Waals surface area contributed by atoms with Crippen molar-refractivity contribution in [2.45, 2.75) is 18.3 Å². The summed E-state index contributed by atoms with van der Waals surface area (Å²) in [5.74, 6) is 0. The second kappa shape index (κ2) is 7.05. The Bertz CT molecular complexity index is 317. The van der Waals surface area contributed by atoms with Gasteiger partial charge in [-0.25, -0.2) is 0 Å². The highest BCUT2D eigenvalue weighted by atomic mass is 79.9. The average molecular weight is 286 g/mol. The molecule has 0 spiro atoms. The zero-order chi connectivity index (χ0) is 12.0. The highest BCUT2D eigenvalue weighted by molar-refractivity contribution is 9.09. The number of nitrogens with zero attached hydrogens (tertiary/aromatic N) is 1. The number of methoxy groups -OCH3 is 1. The third-order valence-corrected chi connectivity index (χ3v) is 2.95. The largest absolute Gasteiger partial charge is 0.383 e. The van der Waals surface area contributed by atoms with Gasteiger partial charge in [-0.2, -0.15) is 0 Å². The van der Waals surface area contributed by atoms with E-state index in [4.69, 9.17) is 4.74 Å². The highest BCUT2D eigenvalue weighted by Gasteiger charge is 2.08. The van der Waals surface area contributed by atoms with E-state index in [1.807, 2.05) is 0 Å². The summed E-state index contributed by atoms with van der Waals surface area (Å²) in [6.45, 7) is 4.84. The maximum atomic E-state index is 5.10. The molecule has 0 N–H and O–H groups in total. The first-order valence-electron chi connectivity index (χ1n) is 5.49. The van der Waals surface area contributed by atoms with Gasteiger partial charge < -0.3 is 9.64 Å². The fourth-order valence-corrected chi connectivity index (χ4v) is 2.52. The van der Waals surface area contributed by atoms with Crippen molar-refractivity contribution >= 4 is 15.9 Å². The summed E-state index contributed by atoms with van der Waals surface area (Å²) in [6, 6.07) is 8.64. The summed E-state index contributed by atoms with van der Waals surface area (Å²) in [4.78, 5) is 2.69. The molecule has 1 aromatic rings. The number of rotatable bonds is 6. The van der Waals surface area contributed by atoms with E-state index in [9.17, 15) is 0 Å². The molecular formula is C13H20BrNO. The second-order valence-electron chi connectivity index (χ2n) is 4.24. The van der Waals surface area contributed by atoms with Crippen molar-refractivity contribution in [3.63, 3.8) is 0 Å². The maximum absolute atomic E-state index is 5.10. The molecule has 0 heterocycles. The lowest BCUT2D eigenvalue weighted by atomic mass is 10.1. The van der Waals surface area contributed by atoms with Crippen molar-refractivity contribution in [2.75, 3.05) is 27.3 Å². The van der Waals surface area contributed by atoms with Gasteiger partial charge in [-0.05, 0) is 19.5 Å². The molecule has 16 heavy (non-hydrogen) atoms. The summed E-state index contributed by atoms with van der Waals surface area (Å²) in [7, 11) is 3.86. The van der Waals surface area contributed by atoms with Crippen LogP contribution in [-0.4, -0.2) is 37.0 Å². The van der Waals surface area contributed by atoms with Crippen LogP contribution in [-0.2, 0) is 11.3 Å². The van der Waals surface area contributed by atoms with E-state index in [0.29, 0.717) is 4.83 Å². The van der Waals surface area contributed by atoms with E-state index in [1.54, 1.807) is 7.11 Å². The number of hydrogen-bond acceptors (Lipinski definition) is 2. The fourth-order valence-electron chi connectivity index (χ4n) is 1.76. The van der Waals surface area contributed by atoms with Crippen LogP contribution in [0.5, 0.6) is 0 Å². The summed E-state index contributed by atoms with van der Waals surface area (Å²) in [5, 5.41) is 0. The molecule has 2 nitrogen and oxygen atoms in total. The van der Waals surface area contributed by atoms with Crippen LogP contribution in [0, 0.1) is 6.92 Å². The van der Waals surface area contributed by atoms with Crippen LogP contribution in [0.3, 0.4) is 0 Å². The fraction of sp³-hybridized carbons (Fsp3) is 0.538. The summed E-state index contributed by atoms with van der Waals surface area (Å²) in [6.07, 6.45) is 0. The predicted octanol–water partition coefficient (Wildman–Crippen LogP) is 2.84. The topological polar surface area (TPSA) is 12.5 Å². The molecule has 0 aliphatic carbocycles. The minimum absolute atomic E-state index is 0.396. The Kier molecular flexibility index (Phi) is 6.03. The molecule has 1 rings (SSSR count). The van der Waals surface area contributed by atoms with Crippen molar-refractivity contribution in [1.82, 2.24) is 4.90 Å². The number of alkyl halides is 1. The van der Waals surface area contributed by atoms with Gasteiger partial charge in [0.05, 0.1) is 11.4 Å². The van der Waals surface area contributed by atoms with Gasteiger partial charge in [0.25, 0.3) is 0 Å². The van der Waals surface area contributed by atoms with E-state index >= 15 is 0 Å². The number of ether oxygens (including phenoxy) is 1. The van der Waals surface area contributed by atoms with Crippen molar-refractivity contribution in [3.8, 4) is 0 Å². The van der Waals surface area contributed by atoms with E-state index in [2.05, 4.69) is 59.1 Å². The lowest BCUT2D eigenvalue weighted by Gasteiger charge is -2.20. The van der Waals surface area contributed by atoms with Crippen LogP contribution < -0.4 is 0 Å². The summed E-state index contributed by atoms with van der Waals surface area (Å²) < 4.78 is 5.10. The van der Waals surface area contributed by atoms with E-state index in [0.717, 1.165) is 19.7 Å². The lowest BCUT2D eigenvalue weighted by Crippen LogP contribution is -2.28. The average Bonchev–Trinajstić information content (AvgIpc) is 2.17. The molecule has 0 saturated carbocycles. The Morgan fingerprint density at radius 2 is 2.19 bits per heavy atom. The number of aryl methyl sites for hydroxylation is 1. The van der Waals surface area contributed by atoms with Crippen LogP contribution in [0.1, 0.15) is 11.1 Å². The van der Waals surface area contributed by atoms with E-state index in [-0.39, 0.29) is 0 Å². The van der Waals surface area contributed by atoms with Gasteiger partial charge in [-0.3, -0.25) is 0 Å². The molecule has 1 unspecified atom stereocenters. The second-order valence-corrected chi connectivity index (χ2v) is 5.53. The number of benzene rings is 1. The van der Waals surface area contributed by atoms with Crippen LogP contribution in [0.2, 0.25) is 0 Å². The highest BCUT2D eigenvalue weighted by Crippen LogP contribution is 2.09. The van der Waals surface area contributed by atoms with Crippen molar-refractivity contribution < 1.29 is 4.74 Å². The first-order chi connectivity index (χ1) is 7.61. The third-order valence-electron chi connectivity index (χ3n) is 2.39. The predicted molar refractivity (Wildman–Crippen MR) is 72.1 cm³/mol. The van der Waals surface area contributed by atoms with Gasteiger partial charge in [0.15, 0.2) is 0 Å². The van der Waals surface area contributed by atoms with Crippen LogP contribution in [0.4, 0.5) is 0 Å². The SMILES string of the molecule is COCC(Br)CN(C)Cc1cccc(C)c1. The molecule has 0 aliphatic heterocycles. The maximum Gasteiger partial charge on any atom is 0.0600 e. The molecule has 0 saturated heterocycles.